The lowest BCUT2D eigenvalue weighted by molar-refractivity contribution is 0.600. The number of hydrogen-bond acceptors (Lipinski definition) is 4. The molecule has 0 bridgehead atoms. The minimum Gasteiger partial charge on any atom is -0.368 e. The first-order valence-corrected chi connectivity index (χ1v) is 6.26. The molecule has 0 radical (unpaired) electrons. The Morgan fingerprint density at radius 3 is 2.89 bits per heavy atom. The molecule has 0 aromatic carbocycles. The second-order valence-corrected chi connectivity index (χ2v) is 5.18. The van der Waals surface area contributed by atoms with Gasteiger partial charge in [0.25, 0.3) is 0 Å². The van der Waals surface area contributed by atoms with E-state index in [1.165, 1.54) is 5.56 Å². The SMILES string of the molecule is CC1Cc2ncn(C(C)C)c2-c2nc(N)ncc21. The number of anilines is 1. The maximum absolute atomic E-state index is 5.73. The lowest BCUT2D eigenvalue weighted by Gasteiger charge is -2.23. The minimum atomic E-state index is 0.324. The molecule has 2 aromatic rings. The summed E-state index contributed by atoms with van der Waals surface area (Å²) >= 11 is 0. The predicted octanol–water partition coefficient (Wildman–Crippen LogP) is 2.16. The topological polar surface area (TPSA) is 69.6 Å². The average Bonchev–Trinajstić information content (AvgIpc) is 2.72. The van der Waals surface area contributed by atoms with Crippen molar-refractivity contribution < 1.29 is 0 Å². The Hall–Kier alpha value is -1.91. The number of rotatable bonds is 1. The molecular formula is C13H17N5. The number of fused-ring (bicyclic) bond motifs is 3. The molecule has 2 aromatic heterocycles. The standard InChI is InChI=1S/C13H17N5/c1-7(2)18-6-16-10-4-8(3)9-5-15-13(14)17-11(9)12(10)18/h5-8H,4H2,1-3H3,(H2,14,15,17). The molecule has 18 heavy (non-hydrogen) atoms. The van der Waals surface area contributed by atoms with Crippen LogP contribution in [0.25, 0.3) is 11.4 Å². The Labute approximate surface area is 106 Å². The molecular weight excluding hydrogens is 226 g/mol. The maximum atomic E-state index is 5.73. The van der Waals surface area contributed by atoms with Crippen molar-refractivity contribution in [1.82, 2.24) is 19.5 Å². The Balaban J connectivity index is 2.28. The molecule has 94 valence electrons. The first-order chi connectivity index (χ1) is 8.58. The average molecular weight is 243 g/mol. The Bertz CT molecular complexity index is 599. The van der Waals surface area contributed by atoms with Gasteiger partial charge in [0.1, 0.15) is 0 Å². The van der Waals surface area contributed by atoms with Crippen LogP contribution in [0.3, 0.4) is 0 Å². The van der Waals surface area contributed by atoms with E-state index in [9.17, 15) is 0 Å². The van der Waals surface area contributed by atoms with Gasteiger partial charge in [0, 0.05) is 17.8 Å². The third kappa shape index (κ3) is 1.50. The molecule has 3 rings (SSSR count). The third-order valence-electron chi connectivity index (χ3n) is 3.52. The zero-order chi connectivity index (χ0) is 12.9. The van der Waals surface area contributed by atoms with Gasteiger partial charge in [-0.1, -0.05) is 6.92 Å². The monoisotopic (exact) mass is 243 g/mol. The van der Waals surface area contributed by atoms with E-state index in [0.29, 0.717) is 17.9 Å². The normalized spacial score (nSPS) is 17.7. The second-order valence-electron chi connectivity index (χ2n) is 5.18. The van der Waals surface area contributed by atoms with E-state index < -0.39 is 0 Å². The van der Waals surface area contributed by atoms with E-state index in [1.54, 1.807) is 0 Å². The molecule has 1 aliphatic rings. The maximum Gasteiger partial charge on any atom is 0.220 e. The Morgan fingerprint density at radius 1 is 1.39 bits per heavy atom. The fraction of sp³-hybridized carbons (Fsp3) is 0.462. The molecule has 5 heteroatoms. The summed E-state index contributed by atoms with van der Waals surface area (Å²) in [6, 6.07) is 0.360. The van der Waals surface area contributed by atoms with Crippen LogP contribution in [0.5, 0.6) is 0 Å². The van der Waals surface area contributed by atoms with Gasteiger partial charge in [-0.3, -0.25) is 0 Å². The highest BCUT2D eigenvalue weighted by Crippen LogP contribution is 2.38. The third-order valence-corrected chi connectivity index (χ3v) is 3.52. The Kier molecular flexibility index (Phi) is 2.36. The van der Waals surface area contributed by atoms with Gasteiger partial charge in [-0.05, 0) is 26.2 Å². The number of nitrogens with two attached hydrogens (primary N) is 1. The van der Waals surface area contributed by atoms with Gasteiger partial charge in [-0.15, -0.1) is 0 Å². The van der Waals surface area contributed by atoms with Crippen molar-refractivity contribution in [3.8, 4) is 11.4 Å². The molecule has 0 saturated heterocycles. The summed E-state index contributed by atoms with van der Waals surface area (Å²) in [7, 11) is 0. The zero-order valence-corrected chi connectivity index (χ0v) is 10.9. The van der Waals surface area contributed by atoms with Gasteiger partial charge >= 0.3 is 0 Å². The first kappa shape index (κ1) is 11.2. The van der Waals surface area contributed by atoms with Crippen LogP contribution in [0.1, 0.15) is 44.0 Å². The van der Waals surface area contributed by atoms with Crippen LogP contribution in [0.15, 0.2) is 12.5 Å². The molecule has 2 heterocycles. The van der Waals surface area contributed by atoms with Crippen molar-refractivity contribution in [1.29, 1.82) is 0 Å². The van der Waals surface area contributed by atoms with Crippen LogP contribution < -0.4 is 5.73 Å². The largest absolute Gasteiger partial charge is 0.368 e. The summed E-state index contributed by atoms with van der Waals surface area (Å²) < 4.78 is 2.16. The van der Waals surface area contributed by atoms with Crippen molar-refractivity contribution in [3.63, 3.8) is 0 Å². The first-order valence-electron chi connectivity index (χ1n) is 6.26. The van der Waals surface area contributed by atoms with E-state index >= 15 is 0 Å². The van der Waals surface area contributed by atoms with E-state index in [4.69, 9.17) is 5.73 Å². The van der Waals surface area contributed by atoms with Crippen LogP contribution in [0.2, 0.25) is 0 Å². The molecule has 0 spiro atoms. The molecule has 0 amide bonds. The van der Waals surface area contributed by atoms with Gasteiger partial charge in [0.05, 0.1) is 23.4 Å². The number of nitrogen functional groups attached to an aromatic ring is 1. The van der Waals surface area contributed by atoms with Gasteiger partial charge in [-0.2, -0.15) is 0 Å². The van der Waals surface area contributed by atoms with Crippen molar-refractivity contribution in [2.24, 2.45) is 0 Å². The summed E-state index contributed by atoms with van der Waals surface area (Å²) in [6.07, 6.45) is 4.69. The fourth-order valence-corrected chi connectivity index (χ4v) is 2.55. The van der Waals surface area contributed by atoms with Gasteiger partial charge in [0.15, 0.2) is 0 Å². The highest BCUT2D eigenvalue weighted by atomic mass is 15.1. The highest BCUT2D eigenvalue weighted by Gasteiger charge is 2.28. The van der Waals surface area contributed by atoms with Gasteiger partial charge in [0.2, 0.25) is 5.95 Å². The smallest absolute Gasteiger partial charge is 0.220 e. The van der Waals surface area contributed by atoms with E-state index in [-0.39, 0.29) is 0 Å². The summed E-state index contributed by atoms with van der Waals surface area (Å²) in [5.74, 6) is 0.717. The molecule has 0 aliphatic heterocycles. The molecule has 5 nitrogen and oxygen atoms in total. The number of imidazole rings is 1. The molecule has 0 fully saturated rings. The van der Waals surface area contributed by atoms with Crippen molar-refractivity contribution in [2.75, 3.05) is 5.73 Å². The number of aromatic nitrogens is 4. The van der Waals surface area contributed by atoms with Crippen molar-refractivity contribution >= 4 is 5.95 Å². The van der Waals surface area contributed by atoms with Gasteiger partial charge < -0.3 is 10.3 Å². The predicted molar refractivity (Wildman–Crippen MR) is 70.2 cm³/mol. The Morgan fingerprint density at radius 2 is 2.17 bits per heavy atom. The van der Waals surface area contributed by atoms with Crippen LogP contribution >= 0.6 is 0 Å². The quantitative estimate of drug-likeness (QED) is 0.833. The fourth-order valence-electron chi connectivity index (χ4n) is 2.55. The summed E-state index contributed by atoms with van der Waals surface area (Å²) in [4.78, 5) is 13.1. The van der Waals surface area contributed by atoms with E-state index in [0.717, 1.165) is 23.5 Å². The van der Waals surface area contributed by atoms with Crippen LogP contribution in [0.4, 0.5) is 5.95 Å². The summed E-state index contributed by atoms with van der Waals surface area (Å²) in [6.45, 7) is 6.46. The minimum absolute atomic E-state index is 0.324. The lowest BCUT2D eigenvalue weighted by atomic mass is 9.88. The molecule has 1 aliphatic carbocycles. The molecule has 2 N–H and O–H groups in total. The summed E-state index contributed by atoms with van der Waals surface area (Å²) in [5, 5.41) is 0. The number of hydrogen-bond donors (Lipinski definition) is 1. The lowest BCUT2D eigenvalue weighted by Crippen LogP contribution is -2.14. The van der Waals surface area contributed by atoms with Crippen LogP contribution in [-0.2, 0) is 6.42 Å². The molecule has 1 unspecified atom stereocenters. The van der Waals surface area contributed by atoms with E-state index in [1.807, 2.05) is 12.5 Å². The highest BCUT2D eigenvalue weighted by molar-refractivity contribution is 5.66. The van der Waals surface area contributed by atoms with Crippen LogP contribution in [0, 0.1) is 0 Å². The van der Waals surface area contributed by atoms with E-state index in [2.05, 4.69) is 40.3 Å². The molecule has 0 saturated carbocycles. The van der Waals surface area contributed by atoms with Crippen molar-refractivity contribution in [3.05, 3.63) is 23.8 Å². The summed E-state index contributed by atoms with van der Waals surface area (Å²) in [5.41, 5.74) is 10.1. The van der Waals surface area contributed by atoms with Crippen LogP contribution in [-0.4, -0.2) is 19.5 Å². The van der Waals surface area contributed by atoms with Crippen molar-refractivity contribution in [2.45, 2.75) is 39.2 Å². The van der Waals surface area contributed by atoms with Gasteiger partial charge in [-0.25, -0.2) is 15.0 Å². The number of nitrogens with zero attached hydrogens (tertiary/aromatic N) is 4. The second kappa shape index (κ2) is 3.80. The zero-order valence-electron chi connectivity index (χ0n) is 10.9. The molecule has 1 atom stereocenters.